The monoisotopic (exact) mass is 331 g/mol. The highest BCUT2D eigenvalue weighted by atomic mass is 16.6. The number of carbonyl (C=O) groups excluding carboxylic acids is 1. The van der Waals surface area contributed by atoms with Crippen LogP contribution in [-0.2, 0) is 11.8 Å². The zero-order chi connectivity index (χ0) is 17.3. The quantitative estimate of drug-likeness (QED) is 0.617. The summed E-state index contributed by atoms with van der Waals surface area (Å²) in [5.74, 6) is 0.131. The van der Waals surface area contributed by atoms with Gasteiger partial charge in [-0.05, 0) is 6.07 Å². The van der Waals surface area contributed by atoms with Crippen LogP contribution in [0.15, 0.2) is 30.6 Å². The summed E-state index contributed by atoms with van der Waals surface area (Å²) in [7, 11) is 3.19. The number of rotatable bonds is 4. The largest absolute Gasteiger partial charge is 0.490 e. The summed E-state index contributed by atoms with van der Waals surface area (Å²) in [5.41, 5.74) is 1.39. The predicted octanol–water partition coefficient (Wildman–Crippen LogP) is 1.19. The number of hydrogen-bond acceptors (Lipinski definition) is 6. The molecule has 1 saturated heterocycles. The van der Waals surface area contributed by atoms with E-state index in [1.165, 1.54) is 13.2 Å². The van der Waals surface area contributed by atoms with E-state index < -0.39 is 4.92 Å². The van der Waals surface area contributed by atoms with Crippen molar-refractivity contribution in [3.63, 3.8) is 0 Å². The first-order valence-corrected chi connectivity index (χ1v) is 7.36. The molecule has 2 aromatic rings. The first kappa shape index (κ1) is 15.8. The molecule has 0 unspecified atom stereocenters. The van der Waals surface area contributed by atoms with Gasteiger partial charge >= 0.3 is 5.69 Å². The topological polar surface area (TPSA) is 93.7 Å². The van der Waals surface area contributed by atoms with Gasteiger partial charge in [0.25, 0.3) is 0 Å². The van der Waals surface area contributed by atoms with Crippen molar-refractivity contribution >= 4 is 23.0 Å². The van der Waals surface area contributed by atoms with Crippen LogP contribution in [0.4, 0.5) is 17.1 Å². The lowest BCUT2D eigenvalue weighted by molar-refractivity contribution is -0.385. The van der Waals surface area contributed by atoms with E-state index in [0.717, 1.165) is 11.4 Å². The van der Waals surface area contributed by atoms with Crippen molar-refractivity contribution in [2.45, 2.75) is 0 Å². The summed E-state index contributed by atoms with van der Waals surface area (Å²) in [5, 5.41) is 15.0. The maximum Gasteiger partial charge on any atom is 0.311 e. The molecule has 1 aliphatic rings. The molecule has 9 nitrogen and oxygen atoms in total. The third kappa shape index (κ3) is 2.87. The number of nitrogens with zero attached hydrogens (tertiary/aromatic N) is 5. The normalized spacial score (nSPS) is 14.8. The van der Waals surface area contributed by atoms with E-state index in [2.05, 4.69) is 5.10 Å². The lowest BCUT2D eigenvalue weighted by atomic mass is 10.2. The Bertz CT molecular complexity index is 788. The van der Waals surface area contributed by atoms with Crippen molar-refractivity contribution in [1.29, 1.82) is 0 Å². The number of piperazine rings is 1. The zero-order valence-electron chi connectivity index (χ0n) is 13.4. The first-order chi connectivity index (χ1) is 11.5. The van der Waals surface area contributed by atoms with Gasteiger partial charge in [0.1, 0.15) is 0 Å². The molecule has 2 heterocycles. The van der Waals surface area contributed by atoms with Crippen molar-refractivity contribution in [2.75, 3.05) is 36.5 Å². The fourth-order valence-corrected chi connectivity index (χ4v) is 2.73. The van der Waals surface area contributed by atoms with Gasteiger partial charge in [-0.1, -0.05) is 0 Å². The van der Waals surface area contributed by atoms with Crippen LogP contribution in [0.25, 0.3) is 0 Å². The molecule has 1 aromatic carbocycles. The number of aromatic nitrogens is 2. The number of nitro groups is 1. The summed E-state index contributed by atoms with van der Waals surface area (Å²) in [6.07, 6.45) is 3.45. The number of amides is 1. The van der Waals surface area contributed by atoms with Crippen molar-refractivity contribution in [3.05, 3.63) is 40.7 Å². The molecular weight excluding hydrogens is 314 g/mol. The van der Waals surface area contributed by atoms with Gasteiger partial charge in [-0.25, -0.2) is 0 Å². The van der Waals surface area contributed by atoms with E-state index >= 15 is 0 Å². The number of aryl methyl sites for hydroxylation is 1. The molecule has 0 atom stereocenters. The Morgan fingerprint density at radius 3 is 2.67 bits per heavy atom. The average Bonchev–Trinajstić information content (AvgIpc) is 3.00. The second kappa shape index (κ2) is 6.19. The van der Waals surface area contributed by atoms with Crippen molar-refractivity contribution in [2.24, 2.45) is 7.05 Å². The number of nitro benzene ring substituents is 1. The Labute approximate surface area is 138 Å². The Morgan fingerprint density at radius 2 is 2.08 bits per heavy atom. The minimum absolute atomic E-state index is 0.0495. The van der Waals surface area contributed by atoms with E-state index in [0.29, 0.717) is 13.1 Å². The molecule has 1 aliphatic heterocycles. The molecule has 3 rings (SSSR count). The van der Waals surface area contributed by atoms with E-state index in [1.807, 2.05) is 4.90 Å². The van der Waals surface area contributed by atoms with Gasteiger partial charge in [-0.15, -0.1) is 0 Å². The van der Waals surface area contributed by atoms with Crippen LogP contribution in [0.2, 0.25) is 0 Å². The summed E-state index contributed by atoms with van der Waals surface area (Å²) in [6, 6.07) is 4.62. The van der Waals surface area contributed by atoms with E-state index in [4.69, 9.17) is 4.74 Å². The number of ether oxygens (including phenoxy) is 1. The fraction of sp³-hybridized carbons (Fsp3) is 0.333. The smallest absolute Gasteiger partial charge is 0.311 e. The van der Waals surface area contributed by atoms with Gasteiger partial charge < -0.3 is 14.5 Å². The zero-order valence-corrected chi connectivity index (χ0v) is 13.4. The fourth-order valence-electron chi connectivity index (χ4n) is 2.73. The van der Waals surface area contributed by atoms with E-state index in [9.17, 15) is 14.9 Å². The van der Waals surface area contributed by atoms with Gasteiger partial charge in [0, 0.05) is 44.2 Å². The molecule has 1 fully saturated rings. The molecule has 0 N–H and O–H groups in total. The van der Waals surface area contributed by atoms with E-state index in [-0.39, 0.29) is 23.9 Å². The molecular formula is C15H17N5O4. The SMILES string of the molecule is COc1cc(N2CCN(c3cnn(C)c3)C(=O)C2)ccc1[N+](=O)[O-]. The minimum Gasteiger partial charge on any atom is -0.490 e. The third-order valence-corrected chi connectivity index (χ3v) is 3.95. The number of methoxy groups -OCH3 is 1. The van der Waals surface area contributed by atoms with Crippen molar-refractivity contribution in [3.8, 4) is 5.75 Å². The molecule has 0 bridgehead atoms. The van der Waals surface area contributed by atoms with Crippen LogP contribution < -0.4 is 14.5 Å². The Kier molecular flexibility index (Phi) is 4.07. The number of hydrogen-bond donors (Lipinski definition) is 0. The maximum atomic E-state index is 12.4. The number of carbonyl (C=O) groups is 1. The Balaban J connectivity index is 1.78. The van der Waals surface area contributed by atoms with Gasteiger partial charge in [0.15, 0.2) is 5.75 Å². The standard InChI is InChI=1S/C15H17N5O4/c1-17-9-12(8-16-17)19-6-5-18(10-15(19)21)11-3-4-13(20(22)23)14(7-11)24-2/h3-4,7-9H,5-6,10H2,1-2H3. The highest BCUT2D eigenvalue weighted by Crippen LogP contribution is 2.32. The van der Waals surface area contributed by atoms with Gasteiger partial charge in [0.05, 0.1) is 30.5 Å². The van der Waals surface area contributed by atoms with Gasteiger partial charge in [0.2, 0.25) is 5.91 Å². The molecule has 24 heavy (non-hydrogen) atoms. The second-order valence-electron chi connectivity index (χ2n) is 5.45. The summed E-state index contributed by atoms with van der Waals surface area (Å²) in [4.78, 5) is 26.5. The number of anilines is 2. The molecule has 126 valence electrons. The maximum absolute atomic E-state index is 12.4. The molecule has 1 aromatic heterocycles. The third-order valence-electron chi connectivity index (χ3n) is 3.95. The molecule has 0 aliphatic carbocycles. The van der Waals surface area contributed by atoms with Crippen LogP contribution in [0.5, 0.6) is 5.75 Å². The average molecular weight is 331 g/mol. The summed E-state index contributed by atoms with van der Waals surface area (Å²) < 4.78 is 6.73. The van der Waals surface area contributed by atoms with Crippen molar-refractivity contribution in [1.82, 2.24) is 9.78 Å². The van der Waals surface area contributed by atoms with Gasteiger partial charge in [-0.2, -0.15) is 5.10 Å². The minimum atomic E-state index is -0.492. The summed E-state index contributed by atoms with van der Waals surface area (Å²) in [6.45, 7) is 1.32. The highest BCUT2D eigenvalue weighted by molar-refractivity contribution is 5.97. The van der Waals surface area contributed by atoms with E-state index in [1.54, 1.807) is 41.2 Å². The lowest BCUT2D eigenvalue weighted by Gasteiger charge is -2.35. The predicted molar refractivity (Wildman–Crippen MR) is 87.4 cm³/mol. The van der Waals surface area contributed by atoms with Crippen LogP contribution in [0, 0.1) is 10.1 Å². The number of benzene rings is 1. The van der Waals surface area contributed by atoms with Gasteiger partial charge in [-0.3, -0.25) is 19.6 Å². The van der Waals surface area contributed by atoms with Crippen LogP contribution >= 0.6 is 0 Å². The highest BCUT2D eigenvalue weighted by Gasteiger charge is 2.27. The van der Waals surface area contributed by atoms with Crippen LogP contribution in [0.1, 0.15) is 0 Å². The second-order valence-corrected chi connectivity index (χ2v) is 5.45. The molecule has 0 saturated carbocycles. The molecule has 0 spiro atoms. The molecule has 0 radical (unpaired) electrons. The summed E-state index contributed by atoms with van der Waals surface area (Å²) >= 11 is 0. The van der Waals surface area contributed by atoms with Crippen LogP contribution in [0.3, 0.4) is 0 Å². The lowest BCUT2D eigenvalue weighted by Crippen LogP contribution is -2.50. The molecule has 1 amide bonds. The Hall–Kier alpha value is -3.10. The van der Waals surface area contributed by atoms with Crippen molar-refractivity contribution < 1.29 is 14.5 Å². The van der Waals surface area contributed by atoms with Crippen LogP contribution in [-0.4, -0.2) is 47.4 Å². The molecule has 9 heteroatoms. The first-order valence-electron chi connectivity index (χ1n) is 7.36. The Morgan fingerprint density at radius 1 is 1.29 bits per heavy atom.